The van der Waals surface area contributed by atoms with Crippen LogP contribution in [0.1, 0.15) is 30.6 Å². The predicted octanol–water partition coefficient (Wildman–Crippen LogP) is 2.45. The van der Waals surface area contributed by atoms with E-state index in [2.05, 4.69) is 10.6 Å². The van der Waals surface area contributed by atoms with Crippen LogP contribution in [0, 0.1) is 5.92 Å². The van der Waals surface area contributed by atoms with Gasteiger partial charge in [-0.2, -0.15) is 0 Å². The number of rotatable bonds is 8. The van der Waals surface area contributed by atoms with Crippen LogP contribution in [-0.2, 0) is 9.53 Å². The molecule has 0 radical (unpaired) electrons. The quantitative estimate of drug-likeness (QED) is 0.606. The molecule has 0 spiro atoms. The summed E-state index contributed by atoms with van der Waals surface area (Å²) in [5.41, 5.74) is 6.73. The molecule has 0 aromatic heterocycles. The Morgan fingerprint density at radius 1 is 1.38 bits per heavy atom. The second-order valence-corrected chi connectivity index (χ2v) is 5.75. The van der Waals surface area contributed by atoms with Gasteiger partial charge in [-0.1, -0.05) is 31.9 Å². The second kappa shape index (κ2) is 11.3. The fraction of sp³-hybridized carbons (Fsp3) is 0.500. The van der Waals surface area contributed by atoms with E-state index in [9.17, 15) is 9.59 Å². The van der Waals surface area contributed by atoms with Gasteiger partial charge in [-0.25, -0.2) is 0 Å². The molecule has 24 heavy (non-hydrogen) atoms. The van der Waals surface area contributed by atoms with Crippen molar-refractivity contribution in [2.45, 2.75) is 26.3 Å². The SMILES string of the molecule is CCC(C)C(N)C(=O)Nc1ccc(C(=O)NCCOC)c(Cl)c1.Cl. The van der Waals surface area contributed by atoms with Crippen molar-refractivity contribution in [1.29, 1.82) is 0 Å². The van der Waals surface area contributed by atoms with Gasteiger partial charge in [-0.3, -0.25) is 9.59 Å². The minimum atomic E-state index is -0.587. The first-order valence-corrected chi connectivity index (χ1v) is 7.91. The average molecular weight is 378 g/mol. The zero-order valence-corrected chi connectivity index (χ0v) is 15.7. The third kappa shape index (κ3) is 6.65. The Labute approximate surface area is 153 Å². The van der Waals surface area contributed by atoms with Crippen LogP contribution in [0.4, 0.5) is 5.69 Å². The van der Waals surface area contributed by atoms with E-state index >= 15 is 0 Å². The number of ether oxygens (including phenoxy) is 1. The largest absolute Gasteiger partial charge is 0.383 e. The minimum absolute atomic E-state index is 0. The number of nitrogens with one attached hydrogen (secondary N) is 2. The molecular formula is C16H25Cl2N3O3. The average Bonchev–Trinajstić information content (AvgIpc) is 2.53. The number of nitrogens with two attached hydrogens (primary N) is 1. The highest BCUT2D eigenvalue weighted by Crippen LogP contribution is 2.21. The lowest BCUT2D eigenvalue weighted by molar-refractivity contribution is -0.118. The molecule has 0 aliphatic carbocycles. The van der Waals surface area contributed by atoms with Gasteiger partial charge in [0.1, 0.15) is 0 Å². The predicted molar refractivity (Wildman–Crippen MR) is 99.0 cm³/mol. The summed E-state index contributed by atoms with van der Waals surface area (Å²) in [5.74, 6) is -0.481. The number of carbonyl (C=O) groups excluding carboxylic acids is 2. The monoisotopic (exact) mass is 377 g/mol. The molecule has 1 aromatic carbocycles. The van der Waals surface area contributed by atoms with Gasteiger partial charge in [-0.05, 0) is 24.1 Å². The van der Waals surface area contributed by atoms with E-state index in [0.717, 1.165) is 6.42 Å². The van der Waals surface area contributed by atoms with Crippen LogP contribution in [0.15, 0.2) is 18.2 Å². The Bertz CT molecular complexity index is 555. The number of halogens is 2. The van der Waals surface area contributed by atoms with Gasteiger partial charge in [0, 0.05) is 19.3 Å². The smallest absolute Gasteiger partial charge is 0.252 e. The first-order chi connectivity index (χ1) is 10.9. The summed E-state index contributed by atoms with van der Waals surface area (Å²) in [7, 11) is 1.56. The molecule has 0 aliphatic rings. The van der Waals surface area contributed by atoms with Crippen LogP contribution in [0.3, 0.4) is 0 Å². The van der Waals surface area contributed by atoms with Crippen molar-refractivity contribution in [3.63, 3.8) is 0 Å². The molecule has 0 saturated heterocycles. The molecule has 0 aliphatic heterocycles. The molecule has 2 unspecified atom stereocenters. The molecule has 6 nitrogen and oxygen atoms in total. The van der Waals surface area contributed by atoms with E-state index in [4.69, 9.17) is 22.1 Å². The van der Waals surface area contributed by atoms with Crippen LogP contribution in [0.2, 0.25) is 5.02 Å². The van der Waals surface area contributed by atoms with Crippen molar-refractivity contribution in [1.82, 2.24) is 5.32 Å². The Morgan fingerprint density at radius 3 is 2.58 bits per heavy atom. The van der Waals surface area contributed by atoms with Crippen molar-refractivity contribution in [2.75, 3.05) is 25.6 Å². The fourth-order valence-electron chi connectivity index (χ4n) is 1.88. The number of anilines is 1. The zero-order valence-electron chi connectivity index (χ0n) is 14.1. The van der Waals surface area contributed by atoms with Crippen molar-refractivity contribution in [3.05, 3.63) is 28.8 Å². The Kier molecular flexibility index (Phi) is 10.6. The first-order valence-electron chi connectivity index (χ1n) is 7.53. The third-order valence-electron chi connectivity index (χ3n) is 3.63. The summed E-state index contributed by atoms with van der Waals surface area (Å²) in [6.07, 6.45) is 0.815. The Balaban J connectivity index is 0.00000529. The summed E-state index contributed by atoms with van der Waals surface area (Å²) < 4.78 is 4.87. The van der Waals surface area contributed by atoms with E-state index in [-0.39, 0.29) is 35.2 Å². The van der Waals surface area contributed by atoms with E-state index in [1.807, 2.05) is 13.8 Å². The van der Waals surface area contributed by atoms with E-state index in [1.54, 1.807) is 19.2 Å². The lowest BCUT2D eigenvalue weighted by atomic mass is 9.99. The molecular weight excluding hydrogens is 353 g/mol. The topological polar surface area (TPSA) is 93.5 Å². The molecule has 1 aromatic rings. The van der Waals surface area contributed by atoms with Crippen molar-refractivity contribution >= 4 is 41.5 Å². The van der Waals surface area contributed by atoms with Gasteiger partial charge in [0.2, 0.25) is 5.91 Å². The van der Waals surface area contributed by atoms with Crippen molar-refractivity contribution in [3.8, 4) is 0 Å². The summed E-state index contributed by atoms with van der Waals surface area (Å²) in [6, 6.07) is 4.14. The molecule has 0 heterocycles. The first kappa shape index (κ1) is 22.7. The van der Waals surface area contributed by atoms with Gasteiger partial charge in [-0.15, -0.1) is 12.4 Å². The second-order valence-electron chi connectivity index (χ2n) is 5.34. The molecule has 0 saturated carbocycles. The van der Waals surface area contributed by atoms with E-state index in [0.29, 0.717) is 24.4 Å². The number of amides is 2. The summed E-state index contributed by atoms with van der Waals surface area (Å²) in [5, 5.41) is 5.66. The minimum Gasteiger partial charge on any atom is -0.383 e. The van der Waals surface area contributed by atoms with Crippen molar-refractivity contribution < 1.29 is 14.3 Å². The maximum atomic E-state index is 12.0. The fourth-order valence-corrected chi connectivity index (χ4v) is 2.14. The maximum Gasteiger partial charge on any atom is 0.252 e. The molecule has 8 heteroatoms. The number of methoxy groups -OCH3 is 1. The number of hydrogen-bond donors (Lipinski definition) is 3. The molecule has 1 rings (SSSR count). The van der Waals surface area contributed by atoms with E-state index in [1.165, 1.54) is 6.07 Å². The number of hydrogen-bond acceptors (Lipinski definition) is 4. The Morgan fingerprint density at radius 2 is 2.04 bits per heavy atom. The maximum absolute atomic E-state index is 12.0. The van der Waals surface area contributed by atoms with Crippen LogP contribution in [-0.4, -0.2) is 38.1 Å². The number of carbonyl (C=O) groups is 2. The third-order valence-corrected chi connectivity index (χ3v) is 3.95. The highest BCUT2D eigenvalue weighted by Gasteiger charge is 2.20. The molecule has 2 atom stereocenters. The van der Waals surface area contributed by atoms with Crippen LogP contribution in [0.5, 0.6) is 0 Å². The molecule has 2 amide bonds. The van der Waals surface area contributed by atoms with Crippen molar-refractivity contribution in [2.24, 2.45) is 11.7 Å². The lowest BCUT2D eigenvalue weighted by Crippen LogP contribution is -2.40. The van der Waals surface area contributed by atoms with Crippen LogP contribution in [0.25, 0.3) is 0 Å². The standard InChI is InChI=1S/C16H24ClN3O3.ClH/c1-4-10(2)14(18)16(22)20-11-5-6-12(13(17)9-11)15(21)19-7-8-23-3;/h5-6,9-10,14H,4,7-8,18H2,1-3H3,(H,19,21)(H,20,22);1H. The van der Waals surface area contributed by atoms with E-state index < -0.39 is 6.04 Å². The van der Waals surface area contributed by atoms with Crippen LogP contribution < -0.4 is 16.4 Å². The van der Waals surface area contributed by atoms with Crippen LogP contribution >= 0.6 is 24.0 Å². The van der Waals surface area contributed by atoms with Gasteiger partial charge >= 0.3 is 0 Å². The number of benzene rings is 1. The normalized spacial score (nSPS) is 12.7. The Hall–Kier alpha value is -1.34. The summed E-state index contributed by atoms with van der Waals surface area (Å²) in [6.45, 7) is 4.72. The molecule has 0 fully saturated rings. The highest BCUT2D eigenvalue weighted by molar-refractivity contribution is 6.34. The van der Waals surface area contributed by atoms with Gasteiger partial charge in [0.05, 0.1) is 23.2 Å². The van der Waals surface area contributed by atoms with Gasteiger partial charge < -0.3 is 21.1 Å². The molecule has 136 valence electrons. The van der Waals surface area contributed by atoms with Gasteiger partial charge in [0.15, 0.2) is 0 Å². The summed E-state index contributed by atoms with van der Waals surface area (Å²) >= 11 is 6.12. The van der Waals surface area contributed by atoms with Gasteiger partial charge in [0.25, 0.3) is 5.91 Å². The lowest BCUT2D eigenvalue weighted by Gasteiger charge is -2.18. The summed E-state index contributed by atoms with van der Waals surface area (Å²) in [4.78, 5) is 24.0. The molecule has 0 bridgehead atoms. The highest BCUT2D eigenvalue weighted by atomic mass is 35.5. The molecule has 4 N–H and O–H groups in total. The zero-order chi connectivity index (χ0) is 17.4.